The molecule has 2 N–H and O–H groups in total. The summed E-state index contributed by atoms with van der Waals surface area (Å²) in [6.45, 7) is 1.62. The second-order valence-corrected chi connectivity index (χ2v) is 6.36. The van der Waals surface area contributed by atoms with Crippen molar-refractivity contribution in [2.45, 2.75) is 13.3 Å². The summed E-state index contributed by atoms with van der Waals surface area (Å²) < 4.78 is 7.24. The van der Waals surface area contributed by atoms with Gasteiger partial charge in [-0.3, -0.25) is 25.1 Å². The predicted octanol–water partition coefficient (Wildman–Crippen LogP) is 2.16. The SMILES string of the molecule is Cc1cc(C(=O)NNC(=O)COc2ccccc2Cc2ccccc2)nn1C. The van der Waals surface area contributed by atoms with Crippen LogP contribution in [0.2, 0.25) is 0 Å². The topological polar surface area (TPSA) is 85.2 Å². The Morgan fingerprint density at radius 2 is 1.75 bits per heavy atom. The summed E-state index contributed by atoms with van der Waals surface area (Å²) in [6.07, 6.45) is 0.703. The Balaban J connectivity index is 1.52. The molecule has 28 heavy (non-hydrogen) atoms. The molecule has 144 valence electrons. The van der Waals surface area contributed by atoms with Crippen molar-refractivity contribution in [3.05, 3.63) is 83.2 Å². The van der Waals surface area contributed by atoms with Crippen LogP contribution in [-0.4, -0.2) is 28.2 Å². The van der Waals surface area contributed by atoms with E-state index in [1.807, 2.05) is 61.5 Å². The van der Waals surface area contributed by atoms with E-state index in [2.05, 4.69) is 16.0 Å². The van der Waals surface area contributed by atoms with Gasteiger partial charge < -0.3 is 4.74 Å². The van der Waals surface area contributed by atoms with Crippen LogP contribution >= 0.6 is 0 Å². The molecule has 3 aromatic rings. The summed E-state index contributed by atoms with van der Waals surface area (Å²) in [5.74, 6) is -0.315. The molecular weight excluding hydrogens is 356 g/mol. The highest BCUT2D eigenvalue weighted by molar-refractivity contribution is 5.93. The average Bonchev–Trinajstić information content (AvgIpc) is 3.05. The van der Waals surface area contributed by atoms with Crippen molar-refractivity contribution in [2.24, 2.45) is 7.05 Å². The molecule has 2 amide bonds. The van der Waals surface area contributed by atoms with Gasteiger partial charge in [-0.15, -0.1) is 0 Å². The van der Waals surface area contributed by atoms with Crippen LogP contribution in [0.1, 0.15) is 27.3 Å². The van der Waals surface area contributed by atoms with Gasteiger partial charge in [0.25, 0.3) is 11.8 Å². The molecule has 0 aliphatic rings. The van der Waals surface area contributed by atoms with Gasteiger partial charge >= 0.3 is 0 Å². The Morgan fingerprint density at radius 3 is 2.46 bits per heavy atom. The van der Waals surface area contributed by atoms with Gasteiger partial charge in [-0.25, -0.2) is 0 Å². The maximum atomic E-state index is 12.0. The van der Waals surface area contributed by atoms with Gasteiger partial charge in [0.2, 0.25) is 0 Å². The molecule has 0 atom stereocenters. The number of carbonyl (C=O) groups is 2. The van der Waals surface area contributed by atoms with Crippen LogP contribution in [0, 0.1) is 6.92 Å². The van der Waals surface area contributed by atoms with Crippen LogP contribution in [0.25, 0.3) is 0 Å². The van der Waals surface area contributed by atoms with Crippen molar-refractivity contribution < 1.29 is 14.3 Å². The van der Waals surface area contributed by atoms with Crippen molar-refractivity contribution in [1.82, 2.24) is 20.6 Å². The van der Waals surface area contributed by atoms with Gasteiger partial charge in [-0.1, -0.05) is 48.5 Å². The Morgan fingerprint density at radius 1 is 1.04 bits per heavy atom. The highest BCUT2D eigenvalue weighted by atomic mass is 16.5. The van der Waals surface area contributed by atoms with E-state index in [9.17, 15) is 9.59 Å². The predicted molar refractivity (Wildman–Crippen MR) is 105 cm³/mol. The minimum atomic E-state index is -0.485. The largest absolute Gasteiger partial charge is 0.483 e. The Kier molecular flexibility index (Phi) is 6.06. The van der Waals surface area contributed by atoms with Crippen molar-refractivity contribution in [3.63, 3.8) is 0 Å². The Bertz CT molecular complexity index is 947. The van der Waals surface area contributed by atoms with Crippen molar-refractivity contribution >= 4 is 11.8 Å². The number of amides is 2. The third-order valence-electron chi connectivity index (χ3n) is 4.23. The fourth-order valence-electron chi connectivity index (χ4n) is 2.65. The highest BCUT2D eigenvalue weighted by Crippen LogP contribution is 2.21. The minimum absolute atomic E-state index is 0.215. The van der Waals surface area contributed by atoms with E-state index >= 15 is 0 Å². The number of nitrogens with zero attached hydrogens (tertiary/aromatic N) is 2. The fourth-order valence-corrected chi connectivity index (χ4v) is 2.65. The first-order chi connectivity index (χ1) is 13.5. The number of para-hydroxylation sites is 1. The van der Waals surface area contributed by atoms with Crippen LogP contribution in [0.3, 0.4) is 0 Å². The van der Waals surface area contributed by atoms with Crippen molar-refractivity contribution in [3.8, 4) is 5.75 Å². The number of hydrogen-bond donors (Lipinski definition) is 2. The van der Waals surface area contributed by atoms with Crippen LogP contribution < -0.4 is 15.6 Å². The average molecular weight is 378 g/mol. The number of aromatic nitrogens is 2. The zero-order chi connectivity index (χ0) is 19.9. The molecule has 1 heterocycles. The minimum Gasteiger partial charge on any atom is -0.483 e. The molecule has 3 rings (SSSR count). The zero-order valence-corrected chi connectivity index (χ0v) is 15.8. The van der Waals surface area contributed by atoms with Gasteiger partial charge in [0, 0.05) is 19.2 Å². The molecule has 0 saturated heterocycles. The maximum Gasteiger partial charge on any atom is 0.290 e. The van der Waals surface area contributed by atoms with E-state index < -0.39 is 11.8 Å². The molecule has 0 unspecified atom stereocenters. The second kappa shape index (κ2) is 8.85. The molecule has 2 aromatic carbocycles. The Hall–Kier alpha value is -3.61. The summed E-state index contributed by atoms with van der Waals surface area (Å²) in [4.78, 5) is 24.0. The number of hydrazine groups is 1. The second-order valence-electron chi connectivity index (χ2n) is 6.36. The maximum absolute atomic E-state index is 12.0. The first-order valence-corrected chi connectivity index (χ1v) is 8.87. The summed E-state index contributed by atoms with van der Waals surface area (Å²) >= 11 is 0. The lowest BCUT2D eigenvalue weighted by Gasteiger charge is -2.12. The summed E-state index contributed by atoms with van der Waals surface area (Å²) in [7, 11) is 1.74. The number of hydrogen-bond acceptors (Lipinski definition) is 4. The molecule has 1 aromatic heterocycles. The van der Waals surface area contributed by atoms with Crippen LogP contribution in [-0.2, 0) is 18.3 Å². The molecule has 0 fully saturated rings. The summed E-state index contributed by atoms with van der Waals surface area (Å²) in [5.41, 5.74) is 7.88. The third kappa shape index (κ3) is 4.97. The van der Waals surface area contributed by atoms with E-state index in [1.54, 1.807) is 17.8 Å². The number of carbonyl (C=O) groups excluding carboxylic acids is 2. The molecular formula is C21H22N4O3. The quantitative estimate of drug-likeness (QED) is 0.644. The standard InChI is InChI=1S/C21H22N4O3/c1-15-12-18(24-25(15)2)21(27)23-22-20(26)14-28-19-11-7-6-10-17(19)13-16-8-4-3-5-9-16/h3-12H,13-14H2,1-2H3,(H,22,26)(H,23,27). The molecule has 7 nitrogen and oxygen atoms in total. The molecule has 7 heteroatoms. The van der Waals surface area contributed by atoms with Crippen LogP contribution in [0.5, 0.6) is 5.75 Å². The van der Waals surface area contributed by atoms with Gasteiger partial charge in [0.1, 0.15) is 5.75 Å². The van der Waals surface area contributed by atoms with E-state index in [0.717, 1.165) is 16.8 Å². The van der Waals surface area contributed by atoms with Crippen molar-refractivity contribution in [2.75, 3.05) is 6.61 Å². The Labute approximate surface area is 163 Å². The fraction of sp³-hybridized carbons (Fsp3) is 0.190. The highest BCUT2D eigenvalue weighted by Gasteiger charge is 2.12. The van der Waals surface area contributed by atoms with E-state index in [4.69, 9.17) is 4.74 Å². The first-order valence-electron chi connectivity index (χ1n) is 8.87. The number of nitrogens with one attached hydrogen (secondary N) is 2. The number of aryl methyl sites for hydroxylation is 2. The monoisotopic (exact) mass is 378 g/mol. The van der Waals surface area contributed by atoms with E-state index in [-0.39, 0.29) is 12.3 Å². The van der Waals surface area contributed by atoms with Crippen LogP contribution in [0.15, 0.2) is 60.7 Å². The zero-order valence-electron chi connectivity index (χ0n) is 15.8. The smallest absolute Gasteiger partial charge is 0.290 e. The third-order valence-corrected chi connectivity index (χ3v) is 4.23. The van der Waals surface area contributed by atoms with E-state index in [1.165, 1.54) is 0 Å². The van der Waals surface area contributed by atoms with Gasteiger partial charge in [0.15, 0.2) is 12.3 Å². The molecule has 0 radical (unpaired) electrons. The lowest BCUT2D eigenvalue weighted by Crippen LogP contribution is -2.44. The molecule has 0 saturated carbocycles. The lowest BCUT2D eigenvalue weighted by atomic mass is 10.0. The number of ether oxygens (including phenoxy) is 1. The van der Waals surface area contributed by atoms with Crippen LogP contribution in [0.4, 0.5) is 0 Å². The molecule has 0 bridgehead atoms. The van der Waals surface area contributed by atoms with Gasteiger partial charge in [0.05, 0.1) is 0 Å². The van der Waals surface area contributed by atoms with Gasteiger partial charge in [-0.05, 0) is 30.2 Å². The number of rotatable bonds is 6. The summed E-state index contributed by atoms with van der Waals surface area (Å²) in [5, 5.41) is 4.06. The molecule has 0 spiro atoms. The first kappa shape index (κ1) is 19.2. The lowest BCUT2D eigenvalue weighted by molar-refractivity contribution is -0.123. The van der Waals surface area contributed by atoms with Crippen molar-refractivity contribution in [1.29, 1.82) is 0 Å². The van der Waals surface area contributed by atoms with E-state index in [0.29, 0.717) is 12.2 Å². The number of benzene rings is 2. The molecule has 0 aliphatic heterocycles. The summed E-state index contributed by atoms with van der Waals surface area (Å²) in [6, 6.07) is 19.2. The normalized spacial score (nSPS) is 10.4. The molecule has 0 aliphatic carbocycles. The van der Waals surface area contributed by atoms with Gasteiger partial charge in [-0.2, -0.15) is 5.10 Å².